The molecule has 9 nitrogen and oxygen atoms in total. The zero-order valence-corrected chi connectivity index (χ0v) is 17.1. The van der Waals surface area contributed by atoms with Crippen molar-refractivity contribution in [3.63, 3.8) is 0 Å². The molecule has 0 bridgehead atoms. The van der Waals surface area contributed by atoms with Gasteiger partial charge in [0.05, 0.1) is 28.6 Å². The van der Waals surface area contributed by atoms with E-state index in [1.165, 1.54) is 23.1 Å². The van der Waals surface area contributed by atoms with Crippen LogP contribution in [0.25, 0.3) is 11.0 Å². The van der Waals surface area contributed by atoms with E-state index in [1.807, 2.05) is 28.8 Å². The first-order valence-corrected chi connectivity index (χ1v) is 9.92. The number of fused-ring (bicyclic) bond motifs is 3. The third kappa shape index (κ3) is 3.29. The van der Waals surface area contributed by atoms with Crippen LogP contribution in [0.15, 0.2) is 66.7 Å². The first kappa shape index (κ1) is 19.6. The van der Waals surface area contributed by atoms with Crippen LogP contribution in [0.2, 0.25) is 0 Å². The van der Waals surface area contributed by atoms with Crippen molar-refractivity contribution in [3.8, 4) is 17.2 Å². The average Bonchev–Trinajstić information content (AvgIpc) is 3.38. The quantitative estimate of drug-likeness (QED) is 0.344. The molecule has 0 unspecified atom stereocenters. The number of carbonyl (C=O) groups excluding carboxylic acids is 1. The standard InChI is InChI=1S/C23H18N4O5/c1-31-16-7-9-17(10-8-16)32-21-11-6-15(27(29)30)14-18(21)22(28)26-13-12-25-20-5-3-2-4-19(20)24-23(25)26/h2-11,14H,12-13H2,1H3. The topological polar surface area (TPSA) is 99.7 Å². The predicted molar refractivity (Wildman–Crippen MR) is 118 cm³/mol. The largest absolute Gasteiger partial charge is 0.497 e. The van der Waals surface area contributed by atoms with Crippen LogP contribution in [-0.4, -0.2) is 34.0 Å². The lowest BCUT2D eigenvalue weighted by Crippen LogP contribution is -2.29. The first-order chi connectivity index (χ1) is 15.5. The van der Waals surface area contributed by atoms with Gasteiger partial charge < -0.3 is 14.0 Å². The first-order valence-electron chi connectivity index (χ1n) is 9.92. The zero-order valence-electron chi connectivity index (χ0n) is 17.1. The Balaban J connectivity index is 1.53. The Bertz CT molecular complexity index is 1350. The van der Waals surface area contributed by atoms with Gasteiger partial charge in [0.2, 0.25) is 5.95 Å². The summed E-state index contributed by atoms with van der Waals surface area (Å²) < 4.78 is 13.0. The van der Waals surface area contributed by atoms with Crippen LogP contribution in [-0.2, 0) is 6.54 Å². The fraction of sp³-hybridized carbons (Fsp3) is 0.130. The summed E-state index contributed by atoms with van der Waals surface area (Å²) in [4.78, 5) is 30.5. The van der Waals surface area contributed by atoms with Crippen LogP contribution >= 0.6 is 0 Å². The number of nitro benzene ring substituents is 1. The monoisotopic (exact) mass is 430 g/mol. The van der Waals surface area contributed by atoms with Gasteiger partial charge in [0.1, 0.15) is 17.2 Å². The minimum atomic E-state index is -0.535. The van der Waals surface area contributed by atoms with Crippen LogP contribution in [0.4, 0.5) is 11.6 Å². The Morgan fingerprint density at radius 1 is 1.03 bits per heavy atom. The number of aromatic nitrogens is 2. The number of amides is 1. The maximum Gasteiger partial charge on any atom is 0.270 e. The molecular formula is C23H18N4O5. The Kier molecular flexibility index (Phi) is 4.70. The van der Waals surface area contributed by atoms with Gasteiger partial charge in [0, 0.05) is 25.2 Å². The second-order valence-corrected chi connectivity index (χ2v) is 7.22. The fourth-order valence-electron chi connectivity index (χ4n) is 3.79. The van der Waals surface area contributed by atoms with Crippen LogP contribution < -0.4 is 14.4 Å². The number of ether oxygens (including phenoxy) is 2. The molecule has 0 radical (unpaired) electrons. The maximum atomic E-state index is 13.5. The number of non-ortho nitro benzene ring substituents is 1. The van der Waals surface area contributed by atoms with E-state index in [-0.39, 0.29) is 17.0 Å². The molecule has 0 N–H and O–H groups in total. The van der Waals surface area contributed by atoms with E-state index in [4.69, 9.17) is 9.47 Å². The smallest absolute Gasteiger partial charge is 0.270 e. The summed E-state index contributed by atoms with van der Waals surface area (Å²) in [7, 11) is 1.56. The second kappa shape index (κ2) is 7.69. The van der Waals surface area contributed by atoms with Crippen LogP contribution in [0, 0.1) is 10.1 Å². The summed E-state index contributed by atoms with van der Waals surface area (Å²) in [5.41, 5.74) is 1.62. The van der Waals surface area contributed by atoms with E-state index in [0.717, 1.165) is 11.0 Å². The number of benzene rings is 3. The number of hydrogen-bond acceptors (Lipinski definition) is 6. The van der Waals surface area contributed by atoms with E-state index in [2.05, 4.69) is 4.98 Å². The van der Waals surface area contributed by atoms with Crippen molar-refractivity contribution >= 4 is 28.6 Å². The molecule has 0 spiro atoms. The fourth-order valence-corrected chi connectivity index (χ4v) is 3.79. The van der Waals surface area contributed by atoms with Crippen LogP contribution in [0.3, 0.4) is 0 Å². The van der Waals surface area contributed by atoms with Gasteiger partial charge in [-0.1, -0.05) is 12.1 Å². The van der Waals surface area contributed by atoms with Crippen molar-refractivity contribution in [1.29, 1.82) is 0 Å². The minimum Gasteiger partial charge on any atom is -0.497 e. The summed E-state index contributed by atoms with van der Waals surface area (Å²) >= 11 is 0. The normalized spacial score (nSPS) is 12.6. The van der Waals surface area contributed by atoms with Crippen molar-refractivity contribution in [2.24, 2.45) is 0 Å². The van der Waals surface area contributed by atoms with E-state index >= 15 is 0 Å². The van der Waals surface area contributed by atoms with Gasteiger partial charge >= 0.3 is 0 Å². The van der Waals surface area contributed by atoms with Crippen LogP contribution in [0.5, 0.6) is 17.2 Å². The Labute approximate surface area is 182 Å². The lowest BCUT2D eigenvalue weighted by molar-refractivity contribution is -0.384. The van der Waals surface area contributed by atoms with Crippen molar-refractivity contribution in [2.75, 3.05) is 18.6 Å². The number of anilines is 1. The molecule has 0 saturated heterocycles. The molecule has 1 amide bonds. The van der Waals surface area contributed by atoms with Crippen molar-refractivity contribution in [3.05, 3.63) is 82.4 Å². The van der Waals surface area contributed by atoms with E-state index < -0.39 is 10.8 Å². The Morgan fingerprint density at radius 2 is 1.78 bits per heavy atom. The molecule has 0 aliphatic carbocycles. The van der Waals surface area contributed by atoms with E-state index in [9.17, 15) is 14.9 Å². The highest BCUT2D eigenvalue weighted by Gasteiger charge is 2.31. The summed E-state index contributed by atoms with van der Waals surface area (Å²) in [5, 5.41) is 11.4. The van der Waals surface area contributed by atoms with Crippen LogP contribution in [0.1, 0.15) is 10.4 Å². The number of carbonyl (C=O) groups is 1. The molecule has 1 aliphatic rings. The SMILES string of the molecule is COc1ccc(Oc2ccc([N+](=O)[O-])cc2C(=O)N2CCn3c2nc2ccccc23)cc1. The summed E-state index contributed by atoms with van der Waals surface area (Å²) in [5.74, 6) is 1.46. The molecular weight excluding hydrogens is 412 g/mol. The van der Waals surface area contributed by atoms with Gasteiger partial charge in [-0.15, -0.1) is 0 Å². The van der Waals surface area contributed by atoms with Gasteiger partial charge in [-0.3, -0.25) is 19.8 Å². The Hall–Kier alpha value is -4.40. The highest BCUT2D eigenvalue weighted by molar-refractivity contribution is 6.08. The molecule has 32 heavy (non-hydrogen) atoms. The predicted octanol–water partition coefficient (Wildman–Crippen LogP) is 4.41. The lowest BCUT2D eigenvalue weighted by Gasteiger charge is -2.17. The second-order valence-electron chi connectivity index (χ2n) is 7.22. The minimum absolute atomic E-state index is 0.0931. The Morgan fingerprint density at radius 3 is 2.53 bits per heavy atom. The van der Waals surface area contributed by atoms with Gasteiger partial charge in [-0.05, 0) is 42.5 Å². The molecule has 5 rings (SSSR count). The highest BCUT2D eigenvalue weighted by atomic mass is 16.6. The number of rotatable bonds is 5. The third-order valence-electron chi connectivity index (χ3n) is 5.36. The maximum absolute atomic E-state index is 13.5. The molecule has 0 atom stereocenters. The summed E-state index contributed by atoms with van der Waals surface area (Å²) in [6.07, 6.45) is 0. The average molecular weight is 430 g/mol. The molecule has 1 aromatic heterocycles. The molecule has 4 aromatic rings. The molecule has 2 heterocycles. The lowest BCUT2D eigenvalue weighted by atomic mass is 10.1. The molecule has 1 aliphatic heterocycles. The summed E-state index contributed by atoms with van der Waals surface area (Å²) in [6, 6.07) is 18.5. The third-order valence-corrected chi connectivity index (χ3v) is 5.36. The van der Waals surface area contributed by atoms with E-state index in [1.54, 1.807) is 31.4 Å². The van der Waals surface area contributed by atoms with Crippen molar-refractivity contribution in [2.45, 2.75) is 6.54 Å². The van der Waals surface area contributed by atoms with Gasteiger partial charge in [-0.2, -0.15) is 0 Å². The zero-order chi connectivity index (χ0) is 22.2. The van der Waals surface area contributed by atoms with E-state index in [0.29, 0.717) is 30.5 Å². The van der Waals surface area contributed by atoms with Gasteiger partial charge in [0.25, 0.3) is 11.6 Å². The van der Waals surface area contributed by atoms with Gasteiger partial charge in [0.15, 0.2) is 0 Å². The van der Waals surface area contributed by atoms with Crippen molar-refractivity contribution < 1.29 is 19.2 Å². The molecule has 0 fully saturated rings. The number of hydrogen-bond donors (Lipinski definition) is 0. The summed E-state index contributed by atoms with van der Waals surface area (Å²) in [6.45, 7) is 1.00. The molecule has 9 heteroatoms. The molecule has 3 aromatic carbocycles. The van der Waals surface area contributed by atoms with Crippen molar-refractivity contribution in [1.82, 2.24) is 9.55 Å². The molecule has 160 valence electrons. The number of imidazole rings is 1. The number of methoxy groups -OCH3 is 1. The number of nitro groups is 1. The number of para-hydroxylation sites is 2. The highest BCUT2D eigenvalue weighted by Crippen LogP contribution is 2.34. The molecule has 0 saturated carbocycles. The van der Waals surface area contributed by atoms with Gasteiger partial charge in [-0.25, -0.2) is 4.98 Å². The number of nitrogens with zero attached hydrogens (tertiary/aromatic N) is 4.